The van der Waals surface area contributed by atoms with Crippen molar-refractivity contribution in [2.45, 2.75) is 12.4 Å². The van der Waals surface area contributed by atoms with Gasteiger partial charge in [0.2, 0.25) is 0 Å². The molecule has 0 aliphatic rings. The number of rotatable bonds is 3. The van der Waals surface area contributed by atoms with E-state index in [1.54, 1.807) is 10.8 Å². The maximum absolute atomic E-state index is 13.3. The molecule has 0 fully saturated rings. The predicted octanol–water partition coefficient (Wildman–Crippen LogP) is 2.95. The van der Waals surface area contributed by atoms with Gasteiger partial charge in [0.05, 0.1) is 24.4 Å². The Morgan fingerprint density at radius 1 is 1.25 bits per heavy atom. The van der Waals surface area contributed by atoms with Crippen LogP contribution in [0.1, 0.15) is 11.3 Å². The molecule has 2 nitrogen and oxygen atoms in total. The maximum atomic E-state index is 13.3. The fourth-order valence-corrected chi connectivity index (χ4v) is 1.57. The van der Waals surface area contributed by atoms with Gasteiger partial charge in [-0.2, -0.15) is 0 Å². The standard InChI is InChI=1S/C11H9ClF2N2/c12-4-8-5-16(7-15-8)6-9-10(13)2-1-3-11(9)14/h1-3,5,7H,4,6H2. The van der Waals surface area contributed by atoms with Crippen molar-refractivity contribution in [3.05, 3.63) is 53.6 Å². The fraction of sp³-hybridized carbons (Fsp3) is 0.182. The second-order valence-electron chi connectivity index (χ2n) is 3.37. The van der Waals surface area contributed by atoms with Gasteiger partial charge in [0.15, 0.2) is 0 Å². The Bertz CT molecular complexity index is 476. The zero-order valence-corrected chi connectivity index (χ0v) is 9.09. The van der Waals surface area contributed by atoms with Crippen molar-refractivity contribution in [1.29, 1.82) is 0 Å². The molecule has 16 heavy (non-hydrogen) atoms. The second kappa shape index (κ2) is 4.61. The molecule has 2 aromatic rings. The number of alkyl halides is 1. The molecule has 1 heterocycles. The van der Waals surface area contributed by atoms with E-state index < -0.39 is 11.6 Å². The first-order chi connectivity index (χ1) is 7.70. The molecular formula is C11H9ClF2N2. The highest BCUT2D eigenvalue weighted by molar-refractivity contribution is 6.16. The lowest BCUT2D eigenvalue weighted by molar-refractivity contribution is 0.544. The highest BCUT2D eigenvalue weighted by Gasteiger charge is 2.09. The minimum absolute atomic E-state index is 0.0287. The Balaban J connectivity index is 2.26. The number of aromatic nitrogens is 2. The van der Waals surface area contributed by atoms with E-state index in [2.05, 4.69) is 4.98 Å². The number of halogens is 3. The van der Waals surface area contributed by atoms with Gasteiger partial charge in [-0.25, -0.2) is 13.8 Å². The maximum Gasteiger partial charge on any atom is 0.131 e. The number of nitrogens with zero attached hydrogens (tertiary/aromatic N) is 2. The molecule has 0 N–H and O–H groups in total. The van der Waals surface area contributed by atoms with Crippen LogP contribution in [-0.2, 0) is 12.4 Å². The molecule has 1 aromatic carbocycles. The number of hydrogen-bond acceptors (Lipinski definition) is 1. The molecule has 1 aromatic heterocycles. The summed E-state index contributed by atoms with van der Waals surface area (Å²) in [7, 11) is 0. The van der Waals surface area contributed by atoms with E-state index in [1.807, 2.05) is 0 Å². The van der Waals surface area contributed by atoms with Crippen molar-refractivity contribution in [1.82, 2.24) is 9.55 Å². The summed E-state index contributed by atoms with van der Waals surface area (Å²) in [5.74, 6) is -0.825. The van der Waals surface area contributed by atoms with Crippen LogP contribution in [-0.4, -0.2) is 9.55 Å². The molecule has 0 atom stereocenters. The van der Waals surface area contributed by atoms with Gasteiger partial charge in [-0.3, -0.25) is 0 Å². The van der Waals surface area contributed by atoms with Crippen LogP contribution in [0, 0.1) is 11.6 Å². The first-order valence-electron chi connectivity index (χ1n) is 4.70. The Morgan fingerprint density at radius 3 is 2.50 bits per heavy atom. The predicted molar refractivity (Wildman–Crippen MR) is 57.2 cm³/mol. The largest absolute Gasteiger partial charge is 0.333 e. The van der Waals surface area contributed by atoms with E-state index in [1.165, 1.54) is 24.5 Å². The summed E-state index contributed by atoms with van der Waals surface area (Å²) >= 11 is 5.58. The van der Waals surface area contributed by atoms with Gasteiger partial charge in [-0.1, -0.05) is 6.07 Å². The zero-order valence-electron chi connectivity index (χ0n) is 8.33. The summed E-state index contributed by atoms with van der Waals surface area (Å²) < 4.78 is 28.2. The third kappa shape index (κ3) is 2.22. The average Bonchev–Trinajstić information content (AvgIpc) is 2.71. The highest BCUT2D eigenvalue weighted by Crippen LogP contribution is 2.14. The molecule has 0 unspecified atom stereocenters. The van der Waals surface area contributed by atoms with E-state index in [9.17, 15) is 8.78 Å². The van der Waals surface area contributed by atoms with Crippen molar-refractivity contribution >= 4 is 11.6 Å². The van der Waals surface area contributed by atoms with Crippen LogP contribution in [0.15, 0.2) is 30.7 Å². The van der Waals surface area contributed by atoms with Crippen LogP contribution in [0.4, 0.5) is 8.78 Å². The number of imidazole rings is 1. The van der Waals surface area contributed by atoms with E-state index in [0.29, 0.717) is 5.69 Å². The first kappa shape index (κ1) is 11.1. The molecule has 2 rings (SSSR count). The van der Waals surface area contributed by atoms with Gasteiger partial charge in [0.25, 0.3) is 0 Å². The third-order valence-electron chi connectivity index (χ3n) is 2.23. The average molecular weight is 243 g/mol. The van der Waals surface area contributed by atoms with E-state index in [-0.39, 0.29) is 18.0 Å². The summed E-state index contributed by atoms with van der Waals surface area (Å²) in [6.45, 7) is 0.113. The first-order valence-corrected chi connectivity index (χ1v) is 5.23. The van der Waals surface area contributed by atoms with Crippen molar-refractivity contribution in [2.24, 2.45) is 0 Å². The minimum atomic E-state index is -0.555. The van der Waals surface area contributed by atoms with E-state index in [4.69, 9.17) is 11.6 Å². The van der Waals surface area contributed by atoms with Crippen LogP contribution >= 0.6 is 11.6 Å². The Kier molecular flexibility index (Phi) is 3.19. The van der Waals surface area contributed by atoms with Crippen LogP contribution in [0.25, 0.3) is 0 Å². The summed E-state index contributed by atoms with van der Waals surface area (Å²) in [6, 6.07) is 3.81. The van der Waals surface area contributed by atoms with Gasteiger partial charge in [-0.05, 0) is 12.1 Å². The van der Waals surface area contributed by atoms with E-state index in [0.717, 1.165) is 0 Å². The lowest BCUT2D eigenvalue weighted by Crippen LogP contribution is -2.02. The SMILES string of the molecule is Fc1cccc(F)c1Cn1cnc(CCl)c1. The van der Waals surface area contributed by atoms with Crippen LogP contribution in [0.2, 0.25) is 0 Å². The van der Waals surface area contributed by atoms with Gasteiger partial charge in [-0.15, -0.1) is 11.6 Å². The molecule has 0 aliphatic carbocycles. The molecule has 5 heteroatoms. The monoisotopic (exact) mass is 242 g/mol. The molecule has 0 spiro atoms. The topological polar surface area (TPSA) is 17.8 Å². The third-order valence-corrected chi connectivity index (χ3v) is 2.50. The summed E-state index contributed by atoms with van der Waals surface area (Å²) in [5, 5.41) is 0. The van der Waals surface area contributed by atoms with Crippen LogP contribution < -0.4 is 0 Å². The molecular weight excluding hydrogens is 234 g/mol. The second-order valence-corrected chi connectivity index (χ2v) is 3.64. The van der Waals surface area contributed by atoms with Crippen molar-refractivity contribution < 1.29 is 8.78 Å². The molecule has 0 amide bonds. The van der Waals surface area contributed by atoms with Crippen molar-refractivity contribution in [3.8, 4) is 0 Å². The Labute approximate surface area is 96.5 Å². The summed E-state index contributed by atoms with van der Waals surface area (Å²) in [5.41, 5.74) is 0.708. The van der Waals surface area contributed by atoms with Gasteiger partial charge in [0, 0.05) is 11.8 Å². The molecule has 0 bridgehead atoms. The fourth-order valence-electron chi connectivity index (χ4n) is 1.43. The quantitative estimate of drug-likeness (QED) is 0.757. The van der Waals surface area contributed by atoms with Crippen LogP contribution in [0.3, 0.4) is 0 Å². The van der Waals surface area contributed by atoms with Gasteiger partial charge in [0.1, 0.15) is 11.6 Å². The molecule has 0 aliphatic heterocycles. The molecule has 0 saturated heterocycles. The van der Waals surface area contributed by atoms with Crippen molar-refractivity contribution in [2.75, 3.05) is 0 Å². The summed E-state index contributed by atoms with van der Waals surface area (Å²) in [6.07, 6.45) is 3.17. The molecule has 84 valence electrons. The Hall–Kier alpha value is -1.42. The van der Waals surface area contributed by atoms with Crippen molar-refractivity contribution in [3.63, 3.8) is 0 Å². The van der Waals surface area contributed by atoms with E-state index >= 15 is 0 Å². The molecule has 0 radical (unpaired) electrons. The summed E-state index contributed by atoms with van der Waals surface area (Å²) in [4.78, 5) is 3.98. The normalized spacial score (nSPS) is 10.7. The minimum Gasteiger partial charge on any atom is -0.333 e. The highest BCUT2D eigenvalue weighted by atomic mass is 35.5. The lowest BCUT2D eigenvalue weighted by atomic mass is 10.2. The van der Waals surface area contributed by atoms with Gasteiger partial charge < -0.3 is 4.57 Å². The number of hydrogen-bond donors (Lipinski definition) is 0. The lowest BCUT2D eigenvalue weighted by Gasteiger charge is -2.05. The zero-order chi connectivity index (χ0) is 11.5. The Morgan fingerprint density at radius 2 is 1.94 bits per heavy atom. The smallest absolute Gasteiger partial charge is 0.131 e. The van der Waals surface area contributed by atoms with Crippen LogP contribution in [0.5, 0.6) is 0 Å². The van der Waals surface area contributed by atoms with Gasteiger partial charge >= 0.3 is 0 Å². The number of benzene rings is 1. The molecule has 0 saturated carbocycles.